The summed E-state index contributed by atoms with van der Waals surface area (Å²) in [7, 11) is 0. The molecule has 2 unspecified atom stereocenters. The van der Waals surface area contributed by atoms with Gasteiger partial charge in [-0.15, -0.1) is 0 Å². The summed E-state index contributed by atoms with van der Waals surface area (Å²) in [5, 5.41) is 10.0. The van der Waals surface area contributed by atoms with Gasteiger partial charge in [0.05, 0.1) is 12.6 Å². The Bertz CT molecular complexity index is 708. The lowest BCUT2D eigenvalue weighted by Crippen LogP contribution is -2.34. The fourth-order valence-corrected chi connectivity index (χ4v) is 3.57. The van der Waals surface area contributed by atoms with Gasteiger partial charge in [0.1, 0.15) is 6.10 Å². The third kappa shape index (κ3) is 6.90. The van der Waals surface area contributed by atoms with Crippen LogP contribution in [0, 0.1) is 0 Å². The molecule has 0 bridgehead atoms. The lowest BCUT2D eigenvalue weighted by atomic mass is 10.0. The van der Waals surface area contributed by atoms with Gasteiger partial charge >= 0.3 is 11.9 Å². The number of aliphatic hydroxyl groups is 1. The number of rotatable bonds is 12. The van der Waals surface area contributed by atoms with Crippen molar-refractivity contribution in [2.75, 3.05) is 13.2 Å². The number of alkyl halides is 2. The molecule has 166 valence electrons. The Morgan fingerprint density at radius 1 is 1.27 bits per heavy atom. The van der Waals surface area contributed by atoms with Gasteiger partial charge in [-0.25, -0.2) is 0 Å². The first-order valence-corrected chi connectivity index (χ1v) is 10.6. The summed E-state index contributed by atoms with van der Waals surface area (Å²) >= 11 is 0. The highest BCUT2D eigenvalue weighted by molar-refractivity contribution is 5.79. The minimum atomic E-state index is -3.40. The lowest BCUT2D eigenvalue weighted by Gasteiger charge is -2.24. The van der Waals surface area contributed by atoms with Crippen molar-refractivity contribution in [3.05, 3.63) is 48.0 Å². The van der Waals surface area contributed by atoms with Crippen molar-refractivity contribution in [3.63, 3.8) is 0 Å². The van der Waals surface area contributed by atoms with Gasteiger partial charge in [0.25, 0.3) is 0 Å². The first-order chi connectivity index (χ1) is 14.4. The highest BCUT2D eigenvalue weighted by Crippen LogP contribution is 2.32. The number of hydrogen-bond donors (Lipinski definition) is 1. The molecule has 7 heteroatoms. The number of halogens is 2. The van der Waals surface area contributed by atoms with Gasteiger partial charge in [-0.05, 0) is 26.2 Å². The van der Waals surface area contributed by atoms with E-state index in [-0.39, 0.29) is 23.5 Å². The van der Waals surface area contributed by atoms with Crippen molar-refractivity contribution in [3.8, 4) is 0 Å². The van der Waals surface area contributed by atoms with Crippen molar-refractivity contribution < 1.29 is 28.2 Å². The first kappa shape index (κ1) is 24.0. The molecule has 2 atom stereocenters. The van der Waals surface area contributed by atoms with E-state index in [1.807, 2.05) is 0 Å². The monoisotopic (exact) mass is 423 g/mol. The van der Waals surface area contributed by atoms with E-state index in [2.05, 4.69) is 0 Å². The number of amides is 1. The molecular weight excluding hydrogens is 392 g/mol. The van der Waals surface area contributed by atoms with Crippen LogP contribution in [0.4, 0.5) is 8.78 Å². The third-order valence-corrected chi connectivity index (χ3v) is 5.26. The smallest absolute Gasteiger partial charge is 0.305 e. The van der Waals surface area contributed by atoms with Crippen molar-refractivity contribution in [2.24, 2.45) is 0 Å². The molecular formula is C23H31F2NO4. The molecule has 0 radical (unpaired) electrons. The van der Waals surface area contributed by atoms with E-state index in [0.717, 1.165) is 31.8 Å². The maximum absolute atomic E-state index is 14.4. The van der Waals surface area contributed by atoms with E-state index in [1.54, 1.807) is 17.9 Å². The third-order valence-electron chi connectivity index (χ3n) is 5.26. The summed E-state index contributed by atoms with van der Waals surface area (Å²) in [6.07, 6.45) is 5.26. The summed E-state index contributed by atoms with van der Waals surface area (Å²) in [4.78, 5) is 25.1. The van der Waals surface area contributed by atoms with Crippen LogP contribution in [0.25, 0.3) is 0 Å². The molecule has 0 saturated carbocycles. The Balaban J connectivity index is 1.80. The molecule has 0 aliphatic carbocycles. The van der Waals surface area contributed by atoms with Crippen LogP contribution in [-0.2, 0) is 20.2 Å². The van der Waals surface area contributed by atoms with Crippen LogP contribution in [0.2, 0.25) is 0 Å². The maximum atomic E-state index is 14.4. The number of aliphatic hydroxyl groups excluding tert-OH is 1. The summed E-state index contributed by atoms with van der Waals surface area (Å²) in [6.45, 7) is 2.70. The van der Waals surface area contributed by atoms with Crippen LogP contribution < -0.4 is 0 Å². The Morgan fingerprint density at radius 2 is 1.97 bits per heavy atom. The number of esters is 1. The molecule has 5 nitrogen and oxygen atoms in total. The SMILES string of the molecule is CCOC(=O)CCCCCCN1C(=O)CCC1/C=C/C(O)C(F)(F)c1ccccc1. The number of hydrogen-bond acceptors (Lipinski definition) is 4. The van der Waals surface area contributed by atoms with Crippen molar-refractivity contribution in [1.82, 2.24) is 4.90 Å². The lowest BCUT2D eigenvalue weighted by molar-refractivity contribution is -0.143. The number of ether oxygens (including phenoxy) is 1. The van der Waals surface area contributed by atoms with Gasteiger partial charge < -0.3 is 14.7 Å². The molecule has 1 aliphatic rings. The summed E-state index contributed by atoms with van der Waals surface area (Å²) in [6, 6.07) is 6.93. The minimum absolute atomic E-state index is 0.000447. The number of unbranched alkanes of at least 4 members (excludes halogenated alkanes) is 3. The number of nitrogens with zero attached hydrogens (tertiary/aromatic N) is 1. The van der Waals surface area contributed by atoms with E-state index >= 15 is 0 Å². The van der Waals surface area contributed by atoms with Crippen molar-refractivity contribution >= 4 is 11.9 Å². The van der Waals surface area contributed by atoms with Gasteiger partial charge in [-0.2, -0.15) is 8.78 Å². The zero-order valence-electron chi connectivity index (χ0n) is 17.4. The van der Waals surface area contributed by atoms with Crippen LogP contribution >= 0.6 is 0 Å². The van der Waals surface area contributed by atoms with Gasteiger partial charge in [-0.3, -0.25) is 9.59 Å². The molecule has 30 heavy (non-hydrogen) atoms. The van der Waals surface area contributed by atoms with E-state index < -0.39 is 12.0 Å². The van der Waals surface area contributed by atoms with Crippen LogP contribution in [0.5, 0.6) is 0 Å². The highest BCUT2D eigenvalue weighted by Gasteiger charge is 2.39. The first-order valence-electron chi connectivity index (χ1n) is 10.6. The normalized spacial score (nSPS) is 18.2. The van der Waals surface area contributed by atoms with E-state index in [9.17, 15) is 23.5 Å². The fraction of sp³-hybridized carbons (Fsp3) is 0.565. The van der Waals surface area contributed by atoms with Crippen LogP contribution in [0.1, 0.15) is 57.4 Å². The zero-order valence-corrected chi connectivity index (χ0v) is 17.4. The second kappa shape index (κ2) is 11.8. The molecule has 0 aromatic heterocycles. The Morgan fingerprint density at radius 3 is 2.67 bits per heavy atom. The number of benzene rings is 1. The second-order valence-electron chi connectivity index (χ2n) is 7.48. The Labute approximate surface area is 176 Å². The van der Waals surface area contributed by atoms with Crippen molar-refractivity contribution in [2.45, 2.75) is 69.9 Å². The van der Waals surface area contributed by atoms with E-state index in [1.165, 1.54) is 30.3 Å². The molecule has 1 amide bonds. The molecule has 1 aromatic rings. The highest BCUT2D eigenvalue weighted by atomic mass is 19.3. The molecule has 0 spiro atoms. The van der Waals surface area contributed by atoms with Crippen LogP contribution in [0.3, 0.4) is 0 Å². The maximum Gasteiger partial charge on any atom is 0.305 e. The molecule has 1 fully saturated rings. The predicted molar refractivity (Wildman–Crippen MR) is 110 cm³/mol. The fourth-order valence-electron chi connectivity index (χ4n) is 3.57. The van der Waals surface area contributed by atoms with Gasteiger partial charge in [0.2, 0.25) is 5.91 Å². The average Bonchev–Trinajstić information content (AvgIpc) is 3.09. The largest absolute Gasteiger partial charge is 0.466 e. The summed E-state index contributed by atoms with van der Waals surface area (Å²) in [5.74, 6) is -3.59. The summed E-state index contributed by atoms with van der Waals surface area (Å²) < 4.78 is 33.7. The number of likely N-dealkylation sites (tertiary alicyclic amines) is 1. The molecule has 1 aliphatic heterocycles. The Kier molecular flexibility index (Phi) is 9.43. The number of carbonyl (C=O) groups is 2. The van der Waals surface area contributed by atoms with Crippen molar-refractivity contribution in [1.29, 1.82) is 0 Å². The molecule has 1 aromatic carbocycles. The topological polar surface area (TPSA) is 66.8 Å². The average molecular weight is 424 g/mol. The molecule has 1 N–H and O–H groups in total. The number of carbonyl (C=O) groups excluding carboxylic acids is 2. The quantitative estimate of drug-likeness (QED) is 0.311. The van der Waals surface area contributed by atoms with Crippen LogP contribution in [-0.4, -0.2) is 47.2 Å². The van der Waals surface area contributed by atoms with Gasteiger partial charge in [-0.1, -0.05) is 55.3 Å². The molecule has 1 saturated heterocycles. The zero-order chi connectivity index (χ0) is 22.0. The minimum Gasteiger partial charge on any atom is -0.466 e. The van der Waals surface area contributed by atoms with E-state index in [0.29, 0.717) is 32.4 Å². The van der Waals surface area contributed by atoms with E-state index in [4.69, 9.17) is 4.74 Å². The summed E-state index contributed by atoms with van der Waals surface area (Å²) in [5.41, 5.74) is -0.246. The molecule has 1 heterocycles. The standard InChI is InChI=1S/C23H31F2NO4/c1-2-30-22(29)12-8-3-4-9-17-26-19(14-16-21(26)28)13-15-20(27)23(24,25)18-10-6-5-7-11-18/h5-7,10-11,13,15,19-20,27H,2-4,8-9,12,14,16-17H2,1H3/b15-13+. The van der Waals surface area contributed by atoms with Crippen LogP contribution in [0.15, 0.2) is 42.5 Å². The van der Waals surface area contributed by atoms with Gasteiger partial charge in [0, 0.05) is 24.9 Å². The molecule has 2 rings (SSSR count). The predicted octanol–water partition coefficient (Wildman–Crippen LogP) is 4.20. The Hall–Kier alpha value is -2.28. The second-order valence-corrected chi connectivity index (χ2v) is 7.48. The van der Waals surface area contributed by atoms with Gasteiger partial charge in [0.15, 0.2) is 0 Å².